The number of benzene rings is 2. The molecular formula is C25H29F3N4O. The second-order valence-electron chi connectivity index (χ2n) is 9.77. The summed E-state index contributed by atoms with van der Waals surface area (Å²) in [4.78, 5) is 7.99. The van der Waals surface area contributed by atoms with E-state index < -0.39 is 11.7 Å². The van der Waals surface area contributed by atoms with Crippen molar-refractivity contribution in [2.45, 2.75) is 58.7 Å². The molecule has 0 aliphatic carbocycles. The monoisotopic (exact) mass is 458 g/mol. The third-order valence-electron chi connectivity index (χ3n) is 4.62. The van der Waals surface area contributed by atoms with Crippen LogP contribution in [-0.2, 0) is 11.6 Å². The van der Waals surface area contributed by atoms with Gasteiger partial charge in [-0.05, 0) is 68.1 Å². The maximum atomic E-state index is 13.6. The number of anilines is 4. The first-order chi connectivity index (χ1) is 15.2. The average molecular weight is 459 g/mol. The molecule has 0 amide bonds. The van der Waals surface area contributed by atoms with Crippen molar-refractivity contribution < 1.29 is 17.9 Å². The first-order valence-electron chi connectivity index (χ1n) is 10.6. The van der Waals surface area contributed by atoms with Crippen LogP contribution in [0.4, 0.5) is 36.3 Å². The van der Waals surface area contributed by atoms with Crippen LogP contribution >= 0.6 is 0 Å². The molecule has 1 aromatic heterocycles. The molecule has 33 heavy (non-hydrogen) atoms. The number of halogens is 3. The first-order valence-corrected chi connectivity index (χ1v) is 10.6. The van der Waals surface area contributed by atoms with Gasteiger partial charge in [-0.3, -0.25) is 0 Å². The fourth-order valence-corrected chi connectivity index (χ4v) is 3.03. The predicted molar refractivity (Wildman–Crippen MR) is 126 cm³/mol. The highest BCUT2D eigenvalue weighted by Crippen LogP contribution is 2.36. The highest BCUT2D eigenvalue weighted by Gasteiger charge is 2.35. The molecule has 5 nitrogen and oxygen atoms in total. The molecule has 176 valence electrons. The smallest absolute Gasteiger partial charge is 0.421 e. The Bertz CT molecular complexity index is 1100. The number of nitrogens with zero attached hydrogens (tertiary/aromatic N) is 2. The first kappa shape index (κ1) is 24.4. The molecule has 8 heteroatoms. The van der Waals surface area contributed by atoms with Crippen LogP contribution in [0.2, 0.25) is 0 Å². The molecule has 1 heterocycles. The van der Waals surface area contributed by atoms with E-state index in [-0.39, 0.29) is 22.8 Å². The van der Waals surface area contributed by atoms with Crippen molar-refractivity contribution in [3.63, 3.8) is 0 Å². The Kier molecular flexibility index (Phi) is 6.58. The van der Waals surface area contributed by atoms with Crippen LogP contribution in [0, 0.1) is 0 Å². The Morgan fingerprint density at radius 3 is 2.06 bits per heavy atom. The lowest BCUT2D eigenvalue weighted by molar-refractivity contribution is -0.137. The Morgan fingerprint density at radius 2 is 1.48 bits per heavy atom. The highest BCUT2D eigenvalue weighted by molar-refractivity contribution is 5.63. The standard InChI is InChI=1S/C25H29F3N4O/c1-23(2,3)16-8-7-9-18(14-16)30-21-20(25(26,27)28)15-29-22(32-21)31-17-10-12-19(13-11-17)33-24(4,5)6/h7-15H,1-6H3,(H2,29,30,31,32). The summed E-state index contributed by atoms with van der Waals surface area (Å²) in [5, 5.41) is 5.77. The van der Waals surface area contributed by atoms with Crippen molar-refractivity contribution in [3.05, 3.63) is 65.9 Å². The number of ether oxygens (including phenoxy) is 1. The van der Waals surface area contributed by atoms with E-state index in [9.17, 15) is 13.2 Å². The van der Waals surface area contributed by atoms with E-state index in [0.29, 0.717) is 17.1 Å². The van der Waals surface area contributed by atoms with Crippen molar-refractivity contribution in [3.8, 4) is 5.75 Å². The quantitative estimate of drug-likeness (QED) is 0.416. The van der Waals surface area contributed by atoms with E-state index in [1.54, 1.807) is 36.4 Å². The van der Waals surface area contributed by atoms with Gasteiger partial charge in [-0.1, -0.05) is 32.9 Å². The van der Waals surface area contributed by atoms with E-state index in [2.05, 4.69) is 20.6 Å². The van der Waals surface area contributed by atoms with Gasteiger partial charge >= 0.3 is 6.18 Å². The van der Waals surface area contributed by atoms with Gasteiger partial charge in [0.15, 0.2) is 0 Å². The summed E-state index contributed by atoms with van der Waals surface area (Å²) >= 11 is 0. The van der Waals surface area contributed by atoms with Crippen LogP contribution < -0.4 is 15.4 Å². The van der Waals surface area contributed by atoms with Gasteiger partial charge in [0.05, 0.1) is 0 Å². The van der Waals surface area contributed by atoms with Gasteiger partial charge in [-0.25, -0.2) is 4.98 Å². The minimum absolute atomic E-state index is 0.0435. The molecule has 2 aromatic carbocycles. The fraction of sp³-hybridized carbons (Fsp3) is 0.360. The molecule has 0 unspecified atom stereocenters. The lowest BCUT2D eigenvalue weighted by atomic mass is 9.87. The van der Waals surface area contributed by atoms with Gasteiger partial charge in [0.2, 0.25) is 5.95 Å². The van der Waals surface area contributed by atoms with Crippen molar-refractivity contribution in [1.82, 2.24) is 9.97 Å². The van der Waals surface area contributed by atoms with Crippen molar-refractivity contribution in [2.24, 2.45) is 0 Å². The van der Waals surface area contributed by atoms with Crippen molar-refractivity contribution in [2.75, 3.05) is 10.6 Å². The van der Waals surface area contributed by atoms with Gasteiger partial charge < -0.3 is 15.4 Å². The van der Waals surface area contributed by atoms with Crippen LogP contribution in [0.5, 0.6) is 5.75 Å². The summed E-state index contributed by atoms with van der Waals surface area (Å²) in [6.45, 7) is 12.0. The minimum Gasteiger partial charge on any atom is -0.488 e. The summed E-state index contributed by atoms with van der Waals surface area (Å²) in [5.74, 6) is 0.406. The van der Waals surface area contributed by atoms with Gasteiger partial charge in [0, 0.05) is 17.6 Å². The summed E-state index contributed by atoms with van der Waals surface area (Å²) in [6, 6.07) is 14.3. The van der Waals surface area contributed by atoms with Crippen LogP contribution in [0.25, 0.3) is 0 Å². The van der Waals surface area contributed by atoms with Gasteiger partial charge in [0.1, 0.15) is 22.7 Å². The molecular weight excluding hydrogens is 429 g/mol. The summed E-state index contributed by atoms with van der Waals surface area (Å²) < 4.78 is 46.6. The third kappa shape index (κ3) is 6.84. The maximum absolute atomic E-state index is 13.6. The molecule has 0 saturated heterocycles. The van der Waals surface area contributed by atoms with Gasteiger partial charge in [0.25, 0.3) is 0 Å². The van der Waals surface area contributed by atoms with E-state index in [4.69, 9.17) is 4.74 Å². The van der Waals surface area contributed by atoms with Crippen LogP contribution in [0.3, 0.4) is 0 Å². The number of nitrogens with one attached hydrogen (secondary N) is 2. The maximum Gasteiger partial charge on any atom is 0.421 e. The lowest BCUT2D eigenvalue weighted by Crippen LogP contribution is -2.22. The zero-order valence-electron chi connectivity index (χ0n) is 19.6. The Morgan fingerprint density at radius 1 is 0.818 bits per heavy atom. The van der Waals surface area contributed by atoms with Crippen LogP contribution in [-0.4, -0.2) is 15.6 Å². The molecule has 2 N–H and O–H groups in total. The van der Waals surface area contributed by atoms with Crippen molar-refractivity contribution >= 4 is 23.1 Å². The Balaban J connectivity index is 1.88. The van der Waals surface area contributed by atoms with E-state index in [1.807, 2.05) is 53.7 Å². The number of hydrogen-bond acceptors (Lipinski definition) is 5. The van der Waals surface area contributed by atoms with E-state index in [1.165, 1.54) is 0 Å². The second-order valence-corrected chi connectivity index (χ2v) is 9.77. The van der Waals surface area contributed by atoms with Gasteiger partial charge in [-0.2, -0.15) is 18.2 Å². The van der Waals surface area contributed by atoms with Crippen LogP contribution in [0.1, 0.15) is 52.7 Å². The molecule has 0 aliphatic heterocycles. The van der Waals surface area contributed by atoms with Crippen molar-refractivity contribution in [1.29, 1.82) is 0 Å². The normalized spacial score (nSPS) is 12.4. The zero-order chi connectivity index (χ0) is 24.4. The Hall–Kier alpha value is -3.29. The van der Waals surface area contributed by atoms with E-state index in [0.717, 1.165) is 11.8 Å². The highest BCUT2D eigenvalue weighted by atomic mass is 19.4. The number of hydrogen-bond donors (Lipinski definition) is 2. The summed E-state index contributed by atoms with van der Waals surface area (Å²) in [5.41, 5.74) is 0.703. The molecule has 0 fully saturated rings. The molecule has 0 bridgehead atoms. The number of rotatable bonds is 5. The summed E-state index contributed by atoms with van der Waals surface area (Å²) in [7, 11) is 0. The third-order valence-corrected chi connectivity index (χ3v) is 4.62. The van der Waals surface area contributed by atoms with E-state index >= 15 is 0 Å². The zero-order valence-corrected chi connectivity index (χ0v) is 19.6. The fourth-order valence-electron chi connectivity index (χ4n) is 3.03. The largest absolute Gasteiger partial charge is 0.488 e. The molecule has 0 spiro atoms. The minimum atomic E-state index is -4.60. The SMILES string of the molecule is CC(C)(C)Oc1ccc(Nc2ncc(C(F)(F)F)c(Nc3cccc(C(C)(C)C)c3)n2)cc1. The predicted octanol–water partition coefficient (Wildman–Crippen LogP) is 7.46. The van der Waals surface area contributed by atoms with Gasteiger partial charge in [-0.15, -0.1) is 0 Å². The molecule has 0 radical (unpaired) electrons. The molecule has 3 aromatic rings. The Labute approximate surface area is 192 Å². The lowest BCUT2D eigenvalue weighted by Gasteiger charge is -2.21. The number of alkyl halides is 3. The molecule has 0 atom stereocenters. The number of aromatic nitrogens is 2. The summed E-state index contributed by atoms with van der Waals surface area (Å²) in [6.07, 6.45) is -3.82. The average Bonchev–Trinajstić information content (AvgIpc) is 2.67. The topological polar surface area (TPSA) is 59.1 Å². The molecule has 0 aliphatic rings. The molecule has 3 rings (SSSR count). The second kappa shape index (κ2) is 8.92. The van der Waals surface area contributed by atoms with Crippen LogP contribution in [0.15, 0.2) is 54.7 Å². The molecule has 0 saturated carbocycles.